The summed E-state index contributed by atoms with van der Waals surface area (Å²) in [6.07, 6.45) is 24.0. The van der Waals surface area contributed by atoms with Crippen LogP contribution in [0.15, 0.2) is 88.9 Å². The van der Waals surface area contributed by atoms with Gasteiger partial charge in [0.05, 0.1) is 24.5 Å². The third-order valence-electron chi connectivity index (χ3n) is 6.83. The fourth-order valence-corrected chi connectivity index (χ4v) is 4.41. The van der Waals surface area contributed by atoms with Gasteiger partial charge in [-0.05, 0) is 57.1 Å². The lowest BCUT2D eigenvalue weighted by molar-refractivity contribution is 0.262. The standard InChI is InChI=1S/C32H41N3O.C3H4.C2H6/c1-8-12-30-31(35(19-9-2)22-27-17-15-26(11-4)16-18-27)21-32(33-34(30)7)36-23-28-20-29(28)25(6)14-13-24(5)10-3;1-3-2;1-2/h2,10,12-18,21,28-29H,3,8,11,19-20,22-23H2,1,4-7H3;1H,2H3;1-2H3/b24-13-,25-14+,30-12?;;. The largest absolute Gasteiger partial charge is 0.476 e. The first kappa shape index (κ1) is 35.1. The molecule has 0 amide bonds. The van der Waals surface area contributed by atoms with E-state index in [2.05, 4.69) is 106 Å². The van der Waals surface area contributed by atoms with Gasteiger partial charge in [-0.3, -0.25) is 5.01 Å². The first-order valence-corrected chi connectivity index (χ1v) is 14.8. The lowest BCUT2D eigenvalue weighted by Crippen LogP contribution is -2.32. The minimum atomic E-state index is 0.510. The lowest BCUT2D eigenvalue weighted by atomic mass is 10.1. The van der Waals surface area contributed by atoms with Crippen LogP contribution in [0.4, 0.5) is 0 Å². The monoisotopic (exact) mass is 553 g/mol. The molecule has 2 atom stereocenters. The van der Waals surface area contributed by atoms with E-state index in [-0.39, 0.29) is 0 Å². The van der Waals surface area contributed by atoms with Crippen molar-refractivity contribution in [3.63, 3.8) is 0 Å². The second-order valence-electron chi connectivity index (χ2n) is 9.95. The summed E-state index contributed by atoms with van der Waals surface area (Å²) in [5.74, 6) is 6.83. The summed E-state index contributed by atoms with van der Waals surface area (Å²) in [5, 5.41) is 6.63. The molecule has 0 N–H and O–H groups in total. The number of aryl methyl sites for hydroxylation is 1. The van der Waals surface area contributed by atoms with E-state index in [4.69, 9.17) is 16.3 Å². The highest BCUT2D eigenvalue weighted by Gasteiger charge is 2.39. The smallest absolute Gasteiger partial charge is 0.233 e. The molecule has 220 valence electrons. The zero-order valence-corrected chi connectivity index (χ0v) is 26.7. The second kappa shape index (κ2) is 19.2. The Morgan fingerprint density at radius 3 is 2.34 bits per heavy atom. The van der Waals surface area contributed by atoms with Crippen LogP contribution in [0, 0.1) is 36.5 Å². The number of benzene rings is 1. The van der Waals surface area contributed by atoms with Crippen molar-refractivity contribution in [2.24, 2.45) is 16.9 Å². The lowest BCUT2D eigenvalue weighted by Gasteiger charge is -2.33. The van der Waals surface area contributed by atoms with E-state index >= 15 is 0 Å². The van der Waals surface area contributed by atoms with E-state index in [1.165, 1.54) is 22.3 Å². The normalized spacial score (nSPS) is 18.8. The Kier molecular flexibility index (Phi) is 16.5. The molecule has 1 aromatic carbocycles. The highest BCUT2D eigenvalue weighted by molar-refractivity contribution is 5.90. The summed E-state index contributed by atoms with van der Waals surface area (Å²) in [6.45, 7) is 20.0. The van der Waals surface area contributed by atoms with Gasteiger partial charge in [-0.15, -0.1) is 23.9 Å². The maximum absolute atomic E-state index is 6.24. The van der Waals surface area contributed by atoms with E-state index in [0.717, 1.165) is 37.2 Å². The van der Waals surface area contributed by atoms with Gasteiger partial charge in [-0.25, -0.2) is 0 Å². The molecule has 1 heterocycles. The number of likely N-dealkylation sites (N-methyl/N-ethyl adjacent to an activating group) is 1. The van der Waals surface area contributed by atoms with Crippen LogP contribution < -0.4 is 0 Å². The predicted molar refractivity (Wildman–Crippen MR) is 178 cm³/mol. The third-order valence-corrected chi connectivity index (χ3v) is 6.83. The zero-order chi connectivity index (χ0) is 30.8. The van der Waals surface area contributed by atoms with Crippen molar-refractivity contribution in [1.82, 2.24) is 9.91 Å². The molecule has 0 aromatic heterocycles. The van der Waals surface area contributed by atoms with Crippen LogP contribution in [0.1, 0.15) is 72.4 Å². The Labute approximate surface area is 251 Å². The van der Waals surface area contributed by atoms with Crippen LogP contribution >= 0.6 is 0 Å². The second-order valence-corrected chi connectivity index (χ2v) is 9.95. The van der Waals surface area contributed by atoms with Crippen LogP contribution in [-0.4, -0.2) is 36.0 Å². The highest BCUT2D eigenvalue weighted by Crippen LogP contribution is 2.44. The van der Waals surface area contributed by atoms with Crippen LogP contribution in [0.25, 0.3) is 0 Å². The van der Waals surface area contributed by atoms with Crippen LogP contribution in [0.2, 0.25) is 0 Å². The molecule has 1 fully saturated rings. The average Bonchev–Trinajstić information content (AvgIpc) is 3.77. The number of rotatable bonds is 11. The van der Waals surface area contributed by atoms with Gasteiger partial charge >= 0.3 is 0 Å². The predicted octanol–water partition coefficient (Wildman–Crippen LogP) is 8.52. The maximum atomic E-state index is 6.24. The molecule has 0 radical (unpaired) electrons. The summed E-state index contributed by atoms with van der Waals surface area (Å²) in [5.41, 5.74) is 7.24. The van der Waals surface area contributed by atoms with Gasteiger partial charge in [0.1, 0.15) is 0 Å². The first-order valence-electron chi connectivity index (χ1n) is 14.8. The molecule has 1 saturated carbocycles. The van der Waals surface area contributed by atoms with Crippen LogP contribution in [0.3, 0.4) is 0 Å². The topological polar surface area (TPSA) is 28.1 Å². The molecule has 2 unspecified atom stereocenters. The van der Waals surface area contributed by atoms with E-state index < -0.39 is 0 Å². The van der Waals surface area contributed by atoms with Crippen molar-refractivity contribution in [3.8, 4) is 24.7 Å². The Balaban J connectivity index is 0.00000157. The molecule has 1 aliphatic carbocycles. The summed E-state index contributed by atoms with van der Waals surface area (Å²) in [6, 6.07) is 8.78. The summed E-state index contributed by atoms with van der Waals surface area (Å²) >= 11 is 0. The van der Waals surface area contributed by atoms with Gasteiger partial charge < -0.3 is 9.64 Å². The average molecular weight is 554 g/mol. The Hall–Kier alpha value is -3.89. The minimum Gasteiger partial charge on any atom is -0.476 e. The molecule has 1 aromatic rings. The quantitative estimate of drug-likeness (QED) is 0.203. The van der Waals surface area contributed by atoms with E-state index in [1.807, 2.05) is 32.0 Å². The molecular formula is C37H51N3O. The first-order chi connectivity index (χ1) is 19.8. The number of terminal acetylenes is 2. The molecule has 2 aliphatic rings. The van der Waals surface area contributed by atoms with E-state index in [9.17, 15) is 0 Å². The highest BCUT2D eigenvalue weighted by atomic mass is 16.5. The van der Waals surface area contributed by atoms with Crippen molar-refractivity contribution in [1.29, 1.82) is 0 Å². The van der Waals surface area contributed by atoms with E-state index in [1.54, 1.807) is 6.92 Å². The number of allylic oxidation sites excluding steroid dienone is 6. The molecule has 1 aliphatic heterocycles. The Morgan fingerprint density at radius 1 is 1.15 bits per heavy atom. The molecule has 0 saturated heterocycles. The van der Waals surface area contributed by atoms with Gasteiger partial charge in [0.15, 0.2) is 0 Å². The summed E-state index contributed by atoms with van der Waals surface area (Å²) in [7, 11) is 1.98. The number of hydrogen-bond acceptors (Lipinski definition) is 4. The SMILES string of the molecule is C#CC.C#CCN(Cc1ccc(CC)cc1)C1=CC(OCC2CC2/C(C)=C/C=C(/C)C=C)=NN(C)C1=CCC.CC. The fourth-order valence-electron chi connectivity index (χ4n) is 4.41. The number of hydrazone groups is 1. The van der Waals surface area contributed by atoms with Gasteiger partial charge in [0.2, 0.25) is 5.90 Å². The Bertz CT molecular complexity index is 1200. The fraction of sp³-hybridized carbons (Fsp3) is 0.432. The minimum absolute atomic E-state index is 0.510. The Morgan fingerprint density at radius 2 is 1.78 bits per heavy atom. The maximum Gasteiger partial charge on any atom is 0.233 e. The van der Waals surface area contributed by atoms with Crippen LogP contribution in [0.5, 0.6) is 0 Å². The molecule has 4 heteroatoms. The van der Waals surface area contributed by atoms with Gasteiger partial charge in [-0.1, -0.05) is 99.9 Å². The van der Waals surface area contributed by atoms with Gasteiger partial charge in [-0.2, -0.15) is 0 Å². The summed E-state index contributed by atoms with van der Waals surface area (Å²) < 4.78 is 6.24. The third kappa shape index (κ3) is 11.6. The number of hydrogen-bond donors (Lipinski definition) is 0. The van der Waals surface area contributed by atoms with Crippen molar-refractivity contribution in [2.75, 3.05) is 20.2 Å². The van der Waals surface area contributed by atoms with Crippen molar-refractivity contribution >= 4 is 5.90 Å². The molecule has 0 spiro atoms. The number of nitrogens with zero attached hydrogens (tertiary/aromatic N) is 3. The van der Waals surface area contributed by atoms with Gasteiger partial charge in [0.25, 0.3) is 0 Å². The van der Waals surface area contributed by atoms with Crippen molar-refractivity contribution in [2.45, 2.75) is 74.3 Å². The van der Waals surface area contributed by atoms with Crippen molar-refractivity contribution in [3.05, 3.63) is 94.9 Å². The molecular weight excluding hydrogens is 502 g/mol. The summed E-state index contributed by atoms with van der Waals surface area (Å²) in [4.78, 5) is 2.23. The number of ether oxygens (including phenoxy) is 1. The van der Waals surface area contributed by atoms with E-state index in [0.29, 0.717) is 30.9 Å². The zero-order valence-electron chi connectivity index (χ0n) is 26.7. The molecule has 4 nitrogen and oxygen atoms in total. The molecule has 3 rings (SSSR count). The van der Waals surface area contributed by atoms with Crippen molar-refractivity contribution < 1.29 is 4.74 Å². The molecule has 41 heavy (non-hydrogen) atoms. The van der Waals surface area contributed by atoms with Gasteiger partial charge in [0, 0.05) is 25.6 Å². The van der Waals surface area contributed by atoms with Crippen LogP contribution in [-0.2, 0) is 17.7 Å². The molecule has 0 bridgehead atoms.